The van der Waals surface area contributed by atoms with Gasteiger partial charge in [0, 0.05) is 0 Å². The second-order valence-electron chi connectivity index (χ2n) is 0.497. The van der Waals surface area contributed by atoms with E-state index in [2.05, 4.69) is 0 Å². The van der Waals surface area contributed by atoms with Crippen LogP contribution in [-0.2, 0) is 0 Å². The predicted molar refractivity (Wildman–Crippen MR) is 14.5 cm³/mol. The normalized spacial score (nSPS) is 6.60. The molecule has 0 saturated heterocycles. The van der Waals surface area contributed by atoms with Gasteiger partial charge in [-0.05, 0) is 0 Å². The molecule has 0 aliphatic rings. The van der Waals surface area contributed by atoms with Crippen LogP contribution in [0.4, 0.5) is 0 Å². The van der Waals surface area contributed by atoms with E-state index < -0.39 is 0 Å². The fourth-order valence-corrected chi connectivity index (χ4v) is 0. The van der Waals surface area contributed by atoms with E-state index in [0.29, 0.717) is 0 Å². The fraction of sp³-hybridized carbons (Fsp3) is 1.00. The largest absolute Gasteiger partial charge is 0.354 e. The Balaban J connectivity index is 2.85. The minimum Gasteiger partial charge on any atom is -0.219 e. The SMILES string of the molecule is CN[N+](=O)O. The van der Waals surface area contributed by atoms with Gasteiger partial charge in [0.2, 0.25) is 0 Å². The van der Waals surface area contributed by atoms with E-state index in [1.54, 1.807) is 0 Å². The molecule has 0 atom stereocenters. The standard InChI is InChI=1S/CH5N2O2/c1-2-3(4)5/h2H,1H3,(H,4,5)/q+1. The Morgan fingerprint density at radius 2 is 2.20 bits per heavy atom. The van der Waals surface area contributed by atoms with Crippen molar-refractivity contribution in [1.82, 2.24) is 5.43 Å². The van der Waals surface area contributed by atoms with Crippen LogP contribution in [-0.4, -0.2) is 17.3 Å². The van der Waals surface area contributed by atoms with Gasteiger partial charge in [0.1, 0.15) is 4.91 Å². The summed E-state index contributed by atoms with van der Waals surface area (Å²) in [5, 5.41) is 7.15. The molecule has 0 aliphatic heterocycles. The van der Waals surface area contributed by atoms with Gasteiger partial charge >= 0.3 is 5.03 Å². The lowest BCUT2D eigenvalue weighted by Gasteiger charge is -1.65. The monoisotopic (exact) mass is 77.0 g/mol. The van der Waals surface area contributed by atoms with Crippen LogP contribution in [0.1, 0.15) is 0 Å². The van der Waals surface area contributed by atoms with Crippen molar-refractivity contribution in [1.29, 1.82) is 0 Å². The number of nitrogens with one attached hydrogen (secondary N) is 1. The van der Waals surface area contributed by atoms with Gasteiger partial charge in [0.15, 0.2) is 0 Å². The van der Waals surface area contributed by atoms with E-state index in [-0.39, 0.29) is 5.03 Å². The molecule has 0 rings (SSSR count). The second-order valence-corrected chi connectivity index (χ2v) is 0.497. The molecule has 4 heteroatoms. The van der Waals surface area contributed by atoms with Gasteiger partial charge in [-0.3, -0.25) is 0 Å². The minimum absolute atomic E-state index is 0.375. The summed E-state index contributed by atoms with van der Waals surface area (Å²) in [6.45, 7) is 0. The maximum absolute atomic E-state index is 9.17. The van der Waals surface area contributed by atoms with Gasteiger partial charge in [-0.25, -0.2) is 5.21 Å². The van der Waals surface area contributed by atoms with Crippen LogP contribution in [0.2, 0.25) is 0 Å². The van der Waals surface area contributed by atoms with Crippen LogP contribution in [0.25, 0.3) is 0 Å². The van der Waals surface area contributed by atoms with Crippen LogP contribution in [0.3, 0.4) is 0 Å². The Bertz CT molecular complexity index is 42.9. The number of rotatable bonds is 1. The molecule has 0 radical (unpaired) electrons. The van der Waals surface area contributed by atoms with Crippen LogP contribution in [0.15, 0.2) is 0 Å². The fourth-order valence-electron chi connectivity index (χ4n) is 0. The first-order valence-corrected chi connectivity index (χ1v) is 1.11. The van der Waals surface area contributed by atoms with Crippen molar-refractivity contribution in [3.8, 4) is 0 Å². The Hall–Kier alpha value is -0.800. The second kappa shape index (κ2) is 1.51. The van der Waals surface area contributed by atoms with Gasteiger partial charge in [0.25, 0.3) is 0 Å². The predicted octanol–water partition coefficient (Wildman–Crippen LogP) is -0.711. The van der Waals surface area contributed by atoms with Crippen molar-refractivity contribution < 1.29 is 10.2 Å². The van der Waals surface area contributed by atoms with Crippen molar-refractivity contribution in [2.75, 3.05) is 7.05 Å². The third kappa shape index (κ3) is 3.20. The molecule has 30 valence electrons. The third-order valence-electron chi connectivity index (χ3n) is 0.191. The summed E-state index contributed by atoms with van der Waals surface area (Å²) in [5.41, 5.74) is 1.86. The average molecular weight is 77.1 g/mol. The van der Waals surface area contributed by atoms with Gasteiger partial charge < -0.3 is 0 Å². The minimum atomic E-state index is -0.375. The zero-order valence-electron chi connectivity index (χ0n) is 2.80. The first-order chi connectivity index (χ1) is 2.27. The lowest BCUT2D eigenvalue weighted by atomic mass is 11.5. The van der Waals surface area contributed by atoms with E-state index in [4.69, 9.17) is 5.21 Å². The first kappa shape index (κ1) is 4.20. The average Bonchev–Trinajstić information content (AvgIpc) is 1.38. The van der Waals surface area contributed by atoms with E-state index in [1.165, 1.54) is 7.05 Å². The smallest absolute Gasteiger partial charge is 0.219 e. The molecule has 0 bridgehead atoms. The van der Waals surface area contributed by atoms with E-state index in [0.717, 1.165) is 0 Å². The van der Waals surface area contributed by atoms with Gasteiger partial charge in [-0.15, -0.1) is 5.43 Å². The van der Waals surface area contributed by atoms with Crippen molar-refractivity contribution >= 4 is 0 Å². The molecule has 0 unspecified atom stereocenters. The topological polar surface area (TPSA) is 52.3 Å². The van der Waals surface area contributed by atoms with Crippen molar-refractivity contribution in [2.45, 2.75) is 0 Å². The quantitative estimate of drug-likeness (QED) is 0.406. The summed E-state index contributed by atoms with van der Waals surface area (Å²) < 4.78 is 0. The zero-order chi connectivity index (χ0) is 4.28. The van der Waals surface area contributed by atoms with Crippen LogP contribution in [0.5, 0.6) is 0 Å². The highest BCUT2D eigenvalue weighted by Crippen LogP contribution is 1.35. The molecule has 0 aromatic rings. The number of nitrogens with zero attached hydrogens (tertiary/aromatic N) is 1. The summed E-state index contributed by atoms with van der Waals surface area (Å²) in [4.78, 5) is 9.17. The maximum atomic E-state index is 9.17. The lowest BCUT2D eigenvalue weighted by molar-refractivity contribution is -0.830. The highest BCUT2D eigenvalue weighted by Gasteiger charge is 1.85. The molecule has 5 heavy (non-hydrogen) atoms. The van der Waals surface area contributed by atoms with Crippen LogP contribution in [0, 0.1) is 4.91 Å². The maximum Gasteiger partial charge on any atom is 0.354 e. The van der Waals surface area contributed by atoms with Crippen molar-refractivity contribution in [3.05, 3.63) is 4.91 Å². The van der Waals surface area contributed by atoms with E-state index in [1.807, 2.05) is 5.43 Å². The molecule has 0 aliphatic carbocycles. The molecule has 4 nitrogen and oxygen atoms in total. The van der Waals surface area contributed by atoms with E-state index in [9.17, 15) is 4.91 Å². The summed E-state index contributed by atoms with van der Waals surface area (Å²) in [6, 6.07) is 0. The molecule has 0 aromatic heterocycles. The number of hydrogen-bond donors (Lipinski definition) is 2. The number of hydrogen-bond acceptors (Lipinski definition) is 1. The summed E-state index contributed by atoms with van der Waals surface area (Å²) in [7, 11) is 1.31. The van der Waals surface area contributed by atoms with Crippen LogP contribution >= 0.6 is 0 Å². The van der Waals surface area contributed by atoms with Gasteiger partial charge in [-0.1, -0.05) is 0 Å². The molecule has 0 amide bonds. The third-order valence-corrected chi connectivity index (χ3v) is 0.191. The summed E-state index contributed by atoms with van der Waals surface area (Å²) >= 11 is 0. The molecule has 0 spiro atoms. The molecular formula is CH5N2O2+. The molecule has 0 heterocycles. The lowest BCUT2D eigenvalue weighted by Crippen LogP contribution is -2.16. The van der Waals surface area contributed by atoms with Crippen molar-refractivity contribution in [2.24, 2.45) is 0 Å². The molecule has 2 N–H and O–H groups in total. The zero-order valence-corrected chi connectivity index (χ0v) is 2.80. The highest BCUT2D eigenvalue weighted by atomic mass is 16.7. The van der Waals surface area contributed by atoms with Gasteiger partial charge in [0.05, 0.1) is 7.05 Å². The summed E-state index contributed by atoms with van der Waals surface area (Å²) in [6.07, 6.45) is 0. The Kier molecular flexibility index (Phi) is 1.27. The molecule has 0 saturated carbocycles. The number of hydrazine groups is 1. The molecule has 0 aromatic carbocycles. The highest BCUT2D eigenvalue weighted by molar-refractivity contribution is 3.74. The summed E-state index contributed by atoms with van der Waals surface area (Å²) in [5.74, 6) is 0. The Morgan fingerprint density at radius 1 is 2.00 bits per heavy atom. The van der Waals surface area contributed by atoms with E-state index >= 15 is 0 Å². The molecular weight excluding hydrogens is 72.0 g/mol. The Morgan fingerprint density at radius 3 is 2.20 bits per heavy atom. The first-order valence-electron chi connectivity index (χ1n) is 1.11. The Labute approximate surface area is 28.9 Å². The molecule has 0 fully saturated rings. The van der Waals surface area contributed by atoms with Gasteiger partial charge in [-0.2, -0.15) is 0 Å². The van der Waals surface area contributed by atoms with Crippen molar-refractivity contribution in [3.63, 3.8) is 0 Å². The van der Waals surface area contributed by atoms with Crippen LogP contribution < -0.4 is 5.43 Å².